The molecule has 8 heteroatoms. The van der Waals surface area contributed by atoms with Crippen LogP contribution in [0, 0.1) is 0 Å². The van der Waals surface area contributed by atoms with E-state index in [4.69, 9.17) is 4.74 Å². The number of thiophene rings is 2. The van der Waals surface area contributed by atoms with Gasteiger partial charge in [0.15, 0.2) is 5.75 Å². The van der Waals surface area contributed by atoms with Gasteiger partial charge in [-0.3, -0.25) is 4.90 Å². The van der Waals surface area contributed by atoms with Gasteiger partial charge in [-0.2, -0.15) is 5.10 Å². The van der Waals surface area contributed by atoms with Gasteiger partial charge >= 0.3 is 6.09 Å². The summed E-state index contributed by atoms with van der Waals surface area (Å²) in [5.41, 5.74) is 0.418. The molecule has 0 aliphatic rings. The Bertz CT molecular complexity index is 930. The molecule has 0 atom stereocenters. The van der Waals surface area contributed by atoms with Crippen LogP contribution in [0.25, 0.3) is 10.2 Å². The van der Waals surface area contributed by atoms with Gasteiger partial charge in [-0.15, -0.1) is 27.8 Å². The first-order chi connectivity index (χ1) is 12.8. The summed E-state index contributed by atoms with van der Waals surface area (Å²) in [6.45, 7) is 7.94. The molecule has 0 saturated carbocycles. The van der Waals surface area contributed by atoms with Crippen molar-refractivity contribution in [3.05, 3.63) is 33.5 Å². The third kappa shape index (κ3) is 4.39. The second-order valence-electron chi connectivity index (χ2n) is 7.18. The number of hydrogen-bond acceptors (Lipinski definition) is 7. The molecule has 0 bridgehead atoms. The standard InChI is InChI=1S/C19H23N3O3S2/c1-5-7-14-16(23)15-17(27-14)13(10-20-21-15)22(11-12-8-6-9-26-12)18(24)25-19(2,3)4/h6,8-10,23H,5,7,11H2,1-4H3. The van der Waals surface area contributed by atoms with E-state index in [9.17, 15) is 9.90 Å². The van der Waals surface area contributed by atoms with Crippen LogP contribution in [-0.2, 0) is 17.7 Å². The largest absolute Gasteiger partial charge is 0.504 e. The zero-order valence-electron chi connectivity index (χ0n) is 15.9. The van der Waals surface area contributed by atoms with E-state index >= 15 is 0 Å². The lowest BCUT2D eigenvalue weighted by Crippen LogP contribution is -2.36. The Balaban J connectivity index is 2.08. The lowest BCUT2D eigenvalue weighted by molar-refractivity contribution is 0.0578. The highest BCUT2D eigenvalue weighted by molar-refractivity contribution is 7.20. The number of carbonyl (C=O) groups is 1. The summed E-state index contributed by atoms with van der Waals surface area (Å²) in [5, 5.41) is 20.6. The molecule has 6 nitrogen and oxygen atoms in total. The van der Waals surface area contributed by atoms with Gasteiger partial charge in [-0.05, 0) is 38.6 Å². The fraction of sp³-hybridized carbons (Fsp3) is 0.421. The van der Waals surface area contributed by atoms with E-state index < -0.39 is 11.7 Å². The third-order valence-electron chi connectivity index (χ3n) is 3.77. The molecule has 3 aromatic rings. The molecule has 27 heavy (non-hydrogen) atoms. The van der Waals surface area contributed by atoms with Crippen molar-refractivity contribution in [2.45, 2.75) is 52.7 Å². The molecule has 0 spiro atoms. The monoisotopic (exact) mass is 405 g/mol. The highest BCUT2D eigenvalue weighted by Crippen LogP contribution is 2.41. The van der Waals surface area contributed by atoms with Crippen molar-refractivity contribution < 1.29 is 14.6 Å². The minimum absolute atomic E-state index is 0.159. The summed E-state index contributed by atoms with van der Waals surface area (Å²) in [7, 11) is 0. The Labute approximate surface area is 166 Å². The molecule has 0 fully saturated rings. The molecular formula is C19H23N3O3S2. The van der Waals surface area contributed by atoms with Gasteiger partial charge in [0.1, 0.15) is 11.1 Å². The molecule has 1 N–H and O–H groups in total. The van der Waals surface area contributed by atoms with Gasteiger partial charge in [0.05, 0.1) is 23.1 Å². The minimum atomic E-state index is -0.616. The predicted molar refractivity (Wildman–Crippen MR) is 110 cm³/mol. The van der Waals surface area contributed by atoms with E-state index in [1.807, 2.05) is 38.3 Å². The summed E-state index contributed by atoms with van der Waals surface area (Å²) in [6, 6.07) is 3.92. The van der Waals surface area contributed by atoms with Gasteiger partial charge in [0.2, 0.25) is 0 Å². The number of fused-ring (bicyclic) bond motifs is 1. The first-order valence-electron chi connectivity index (χ1n) is 8.79. The van der Waals surface area contributed by atoms with Crippen LogP contribution in [-0.4, -0.2) is 27.0 Å². The fourth-order valence-corrected chi connectivity index (χ4v) is 4.58. The number of aromatic nitrogens is 2. The number of amides is 1. The van der Waals surface area contributed by atoms with Crippen LogP contribution in [0.5, 0.6) is 5.75 Å². The summed E-state index contributed by atoms with van der Waals surface area (Å²) >= 11 is 3.02. The molecule has 3 rings (SSSR count). The van der Waals surface area contributed by atoms with Gasteiger partial charge < -0.3 is 9.84 Å². The van der Waals surface area contributed by atoms with Gasteiger partial charge in [0.25, 0.3) is 0 Å². The van der Waals surface area contributed by atoms with Crippen molar-refractivity contribution >= 4 is 44.7 Å². The molecule has 3 aromatic heterocycles. The van der Waals surface area contributed by atoms with Crippen molar-refractivity contribution in [1.82, 2.24) is 10.2 Å². The Morgan fingerprint density at radius 3 is 2.78 bits per heavy atom. The second-order valence-corrected chi connectivity index (χ2v) is 9.31. The molecule has 0 unspecified atom stereocenters. The lowest BCUT2D eigenvalue weighted by atomic mass is 10.2. The zero-order valence-corrected chi connectivity index (χ0v) is 17.5. The summed E-state index contributed by atoms with van der Waals surface area (Å²) < 4.78 is 6.37. The Morgan fingerprint density at radius 2 is 2.15 bits per heavy atom. The van der Waals surface area contributed by atoms with Crippen LogP contribution >= 0.6 is 22.7 Å². The zero-order chi connectivity index (χ0) is 19.6. The molecule has 0 aromatic carbocycles. The Morgan fingerprint density at radius 1 is 1.37 bits per heavy atom. The topological polar surface area (TPSA) is 75.6 Å². The van der Waals surface area contributed by atoms with Crippen molar-refractivity contribution in [2.75, 3.05) is 4.90 Å². The fourth-order valence-electron chi connectivity index (χ4n) is 2.64. The van der Waals surface area contributed by atoms with Gasteiger partial charge in [-0.25, -0.2) is 4.79 Å². The Hall–Kier alpha value is -2.19. The van der Waals surface area contributed by atoms with Crippen LogP contribution in [0.2, 0.25) is 0 Å². The number of hydrogen-bond donors (Lipinski definition) is 1. The number of rotatable bonds is 5. The number of carbonyl (C=O) groups excluding carboxylic acids is 1. The molecule has 3 heterocycles. The van der Waals surface area contributed by atoms with Crippen LogP contribution in [0.4, 0.5) is 10.5 Å². The summed E-state index contributed by atoms with van der Waals surface area (Å²) in [6.07, 6.45) is 2.78. The number of aromatic hydroxyl groups is 1. The smallest absolute Gasteiger partial charge is 0.415 e. The van der Waals surface area contributed by atoms with Crippen LogP contribution in [0.3, 0.4) is 0 Å². The summed E-state index contributed by atoms with van der Waals surface area (Å²) in [5.74, 6) is 0.159. The first-order valence-corrected chi connectivity index (χ1v) is 10.5. The third-order valence-corrected chi connectivity index (χ3v) is 5.89. The maximum absolute atomic E-state index is 12.9. The molecule has 0 aliphatic heterocycles. The number of ether oxygens (including phenoxy) is 1. The van der Waals surface area contributed by atoms with Crippen LogP contribution < -0.4 is 4.90 Å². The van der Waals surface area contributed by atoms with E-state index in [0.29, 0.717) is 17.7 Å². The maximum atomic E-state index is 12.9. The van der Waals surface area contributed by atoms with E-state index in [0.717, 1.165) is 27.3 Å². The SMILES string of the molecule is CCCc1sc2c(N(Cc3cccs3)C(=O)OC(C)(C)C)cnnc2c1O. The van der Waals surface area contributed by atoms with Crippen LogP contribution in [0.15, 0.2) is 23.7 Å². The lowest BCUT2D eigenvalue weighted by Gasteiger charge is -2.27. The average molecular weight is 406 g/mol. The van der Waals surface area contributed by atoms with Crippen molar-refractivity contribution in [3.8, 4) is 5.75 Å². The van der Waals surface area contributed by atoms with Crippen molar-refractivity contribution in [3.63, 3.8) is 0 Å². The first kappa shape index (κ1) is 19.6. The molecule has 0 radical (unpaired) electrons. The Kier molecular flexibility index (Phi) is 5.67. The van der Waals surface area contributed by atoms with Crippen molar-refractivity contribution in [1.29, 1.82) is 0 Å². The van der Waals surface area contributed by atoms with Crippen LogP contribution in [0.1, 0.15) is 43.9 Å². The highest BCUT2D eigenvalue weighted by Gasteiger charge is 2.27. The van der Waals surface area contributed by atoms with E-state index in [2.05, 4.69) is 17.1 Å². The normalized spacial score (nSPS) is 11.7. The minimum Gasteiger partial charge on any atom is -0.504 e. The number of aryl methyl sites for hydroxylation is 1. The van der Waals surface area contributed by atoms with Crippen molar-refractivity contribution in [2.24, 2.45) is 0 Å². The molecule has 144 valence electrons. The molecule has 0 saturated heterocycles. The number of nitrogens with zero attached hydrogens (tertiary/aromatic N) is 3. The number of anilines is 1. The molecule has 1 amide bonds. The second kappa shape index (κ2) is 7.82. The van der Waals surface area contributed by atoms with E-state index in [1.54, 1.807) is 22.4 Å². The quantitative estimate of drug-likeness (QED) is 0.619. The summed E-state index contributed by atoms with van der Waals surface area (Å²) in [4.78, 5) is 16.4. The van der Waals surface area contributed by atoms with E-state index in [1.165, 1.54) is 11.3 Å². The van der Waals surface area contributed by atoms with Gasteiger partial charge in [0, 0.05) is 9.75 Å². The maximum Gasteiger partial charge on any atom is 0.415 e. The highest BCUT2D eigenvalue weighted by atomic mass is 32.1. The predicted octanol–water partition coefficient (Wildman–Crippen LogP) is 5.35. The average Bonchev–Trinajstić information content (AvgIpc) is 3.20. The molecule has 0 aliphatic carbocycles. The van der Waals surface area contributed by atoms with E-state index in [-0.39, 0.29) is 5.75 Å². The molecular weight excluding hydrogens is 382 g/mol. The van der Waals surface area contributed by atoms with Gasteiger partial charge in [-0.1, -0.05) is 19.4 Å².